The average molecular weight is 805 g/mol. The molecule has 0 saturated carbocycles. The normalized spacial score (nSPS) is 19.2. The smallest absolute Gasteiger partial charge is 0.341 e. The van der Waals surface area contributed by atoms with E-state index in [1.54, 1.807) is 55.5 Å². The van der Waals surface area contributed by atoms with Crippen LogP contribution in [0.15, 0.2) is 109 Å². The van der Waals surface area contributed by atoms with Gasteiger partial charge in [0.2, 0.25) is 0 Å². The fourth-order valence-corrected chi connectivity index (χ4v) is 7.45. The number of hydrogen-bond donors (Lipinski definition) is 1. The molecule has 6 rings (SSSR count). The zero-order chi connectivity index (χ0) is 42.6. The molecule has 0 amide bonds. The number of rotatable bonds is 16. The Hall–Kier alpha value is -5.12. The number of carbonyl (C=O) groups excluding carboxylic acids is 3. The van der Waals surface area contributed by atoms with E-state index in [1.165, 1.54) is 30.6 Å². The highest BCUT2D eigenvalue weighted by molar-refractivity contribution is 5.96. The van der Waals surface area contributed by atoms with Crippen molar-refractivity contribution in [2.45, 2.75) is 79.8 Å². The second kappa shape index (κ2) is 24.7. The van der Waals surface area contributed by atoms with Gasteiger partial charge in [-0.15, -0.1) is 0 Å². The van der Waals surface area contributed by atoms with Crippen LogP contribution in [0.25, 0.3) is 0 Å². The number of nitrogens with zero attached hydrogens (tertiary/aromatic N) is 2. The molecular formula is C50H64N2O7. The summed E-state index contributed by atoms with van der Waals surface area (Å²) < 4.78 is 10.6. The largest absolute Gasteiger partial charge is 0.486 e. The molecule has 4 aromatic rings. The summed E-state index contributed by atoms with van der Waals surface area (Å²) in [5.74, 6) is 3.04. The molecule has 0 aliphatic carbocycles. The molecule has 2 saturated heterocycles. The van der Waals surface area contributed by atoms with Gasteiger partial charge >= 0.3 is 5.97 Å². The summed E-state index contributed by atoms with van der Waals surface area (Å²) in [6, 6.07) is 34.8. The standard InChI is InChI=1S/C25H31NO3.C14H21N.C11H12O4/c1-3-25(28)21-9-11-24(12-10-21)29-18-23(27)15-22-13-14-26(16-19(22)2)17-20-7-5-4-6-8-20;1-12-8-9-15(10-13(12)2)11-14-6-4-3-5-7-14;1-2-10(12)8-3-5-9(6-4-8)15-7-11(13)14/h4-12,19,22H,3,13-18H2,1-2H3;3-7,12-13H,8-11H2,1-2H3;3-6H,2,7H2,1H3,(H,13,14). The number of likely N-dealkylation sites (tertiary alicyclic amines) is 2. The minimum atomic E-state index is -1.02. The van der Waals surface area contributed by atoms with Crippen LogP contribution in [0.5, 0.6) is 11.5 Å². The molecule has 0 aromatic heterocycles. The Kier molecular flexibility index (Phi) is 19.5. The lowest BCUT2D eigenvalue weighted by Gasteiger charge is -2.36. The number of ether oxygens (including phenoxy) is 2. The van der Waals surface area contributed by atoms with Gasteiger partial charge in [0.25, 0.3) is 0 Å². The lowest BCUT2D eigenvalue weighted by molar-refractivity contribution is -0.139. The van der Waals surface area contributed by atoms with Crippen LogP contribution in [0.2, 0.25) is 0 Å². The fourth-order valence-electron chi connectivity index (χ4n) is 7.45. The predicted molar refractivity (Wildman–Crippen MR) is 234 cm³/mol. The molecule has 0 spiro atoms. The van der Waals surface area contributed by atoms with Gasteiger partial charge in [-0.3, -0.25) is 24.2 Å². The Morgan fingerprint density at radius 3 is 1.44 bits per heavy atom. The number of carboxylic acid groups (broad SMARTS) is 1. The molecule has 4 atom stereocenters. The third kappa shape index (κ3) is 16.6. The van der Waals surface area contributed by atoms with Gasteiger partial charge in [0.05, 0.1) is 0 Å². The molecule has 59 heavy (non-hydrogen) atoms. The fraction of sp³-hybridized carbons (Fsp3) is 0.440. The monoisotopic (exact) mass is 804 g/mol. The first kappa shape index (κ1) is 46.6. The molecule has 316 valence electrons. The summed E-state index contributed by atoms with van der Waals surface area (Å²) in [4.78, 5) is 50.6. The quantitative estimate of drug-likeness (QED) is 0.111. The first-order valence-electron chi connectivity index (χ1n) is 21.2. The molecule has 2 heterocycles. The first-order valence-corrected chi connectivity index (χ1v) is 21.2. The Morgan fingerprint density at radius 2 is 1.02 bits per heavy atom. The summed E-state index contributed by atoms with van der Waals surface area (Å²) in [7, 11) is 0. The summed E-state index contributed by atoms with van der Waals surface area (Å²) in [6.07, 6.45) is 3.92. The molecule has 0 bridgehead atoms. The minimum absolute atomic E-state index is 0.0554. The van der Waals surface area contributed by atoms with Crippen molar-refractivity contribution < 1.29 is 33.8 Å². The number of carboxylic acids is 1. The van der Waals surface area contributed by atoms with Crippen LogP contribution < -0.4 is 9.47 Å². The maximum atomic E-state index is 12.4. The molecule has 2 fully saturated rings. The highest BCUT2D eigenvalue weighted by Crippen LogP contribution is 2.28. The maximum Gasteiger partial charge on any atom is 0.341 e. The van der Waals surface area contributed by atoms with Crippen LogP contribution in [-0.4, -0.2) is 77.6 Å². The van der Waals surface area contributed by atoms with E-state index in [9.17, 15) is 19.2 Å². The Morgan fingerprint density at radius 1 is 0.576 bits per heavy atom. The van der Waals surface area contributed by atoms with Crippen molar-refractivity contribution in [1.29, 1.82) is 0 Å². The van der Waals surface area contributed by atoms with Crippen LogP contribution in [-0.2, 0) is 22.7 Å². The SMILES string of the molecule is CC1CCN(Cc2ccccc2)CC1C.CCC(=O)c1ccc(OCC(=O)CC2CCN(Cc3ccccc3)CC2C)cc1.CCC(=O)c1ccc(OCC(=O)O)cc1. The molecule has 0 radical (unpaired) electrons. The van der Waals surface area contributed by atoms with Crippen LogP contribution in [0.1, 0.15) is 98.6 Å². The van der Waals surface area contributed by atoms with Crippen LogP contribution in [0.3, 0.4) is 0 Å². The van der Waals surface area contributed by atoms with Crippen molar-refractivity contribution in [2.75, 3.05) is 39.4 Å². The lowest BCUT2D eigenvalue weighted by atomic mass is 9.83. The van der Waals surface area contributed by atoms with Gasteiger partial charge in [0.1, 0.15) is 18.1 Å². The number of ketones is 3. The summed E-state index contributed by atoms with van der Waals surface area (Å²) in [6.45, 7) is 17.0. The van der Waals surface area contributed by atoms with Gasteiger partial charge in [-0.05, 0) is 109 Å². The van der Waals surface area contributed by atoms with E-state index in [1.807, 2.05) is 13.0 Å². The number of benzene rings is 4. The van der Waals surface area contributed by atoms with Gasteiger partial charge in [-0.2, -0.15) is 0 Å². The van der Waals surface area contributed by atoms with E-state index in [2.05, 4.69) is 85.2 Å². The van der Waals surface area contributed by atoms with Crippen LogP contribution in [0.4, 0.5) is 0 Å². The van der Waals surface area contributed by atoms with E-state index in [-0.39, 0.29) is 30.6 Å². The molecule has 9 heteroatoms. The number of hydrogen-bond acceptors (Lipinski definition) is 8. The number of piperidine rings is 2. The maximum absolute atomic E-state index is 12.4. The second-order valence-electron chi connectivity index (χ2n) is 16.0. The number of carbonyl (C=O) groups is 4. The molecule has 1 N–H and O–H groups in total. The summed E-state index contributed by atoms with van der Waals surface area (Å²) in [5.41, 5.74) is 4.08. The van der Waals surface area contributed by atoms with Gasteiger partial charge in [0, 0.05) is 56.6 Å². The third-order valence-corrected chi connectivity index (χ3v) is 11.3. The average Bonchev–Trinajstić information content (AvgIpc) is 3.25. The van der Waals surface area contributed by atoms with Crippen molar-refractivity contribution in [3.8, 4) is 11.5 Å². The van der Waals surface area contributed by atoms with E-state index >= 15 is 0 Å². The molecule has 2 aliphatic rings. The van der Waals surface area contributed by atoms with Crippen molar-refractivity contribution in [1.82, 2.24) is 9.80 Å². The van der Waals surface area contributed by atoms with Gasteiger partial charge in [0.15, 0.2) is 24.0 Å². The van der Waals surface area contributed by atoms with Crippen molar-refractivity contribution in [2.24, 2.45) is 23.7 Å². The van der Waals surface area contributed by atoms with E-state index in [0.29, 0.717) is 53.7 Å². The van der Waals surface area contributed by atoms with E-state index in [4.69, 9.17) is 14.6 Å². The van der Waals surface area contributed by atoms with Gasteiger partial charge < -0.3 is 14.6 Å². The molecule has 4 unspecified atom stereocenters. The molecular weight excluding hydrogens is 741 g/mol. The summed E-state index contributed by atoms with van der Waals surface area (Å²) >= 11 is 0. The topological polar surface area (TPSA) is 113 Å². The Labute approximate surface area is 351 Å². The molecule has 2 aliphatic heterocycles. The molecule has 9 nitrogen and oxygen atoms in total. The van der Waals surface area contributed by atoms with Gasteiger partial charge in [-0.1, -0.05) is 95.3 Å². The Balaban J connectivity index is 0.000000215. The van der Waals surface area contributed by atoms with Crippen LogP contribution in [0, 0.1) is 23.7 Å². The molecule has 4 aromatic carbocycles. The number of Topliss-reactive ketones (excluding diaryl/α,β-unsaturated/α-hetero) is 3. The van der Waals surface area contributed by atoms with Crippen LogP contribution >= 0.6 is 0 Å². The van der Waals surface area contributed by atoms with E-state index < -0.39 is 5.97 Å². The zero-order valence-corrected chi connectivity index (χ0v) is 35.7. The highest BCUT2D eigenvalue weighted by Gasteiger charge is 2.28. The zero-order valence-electron chi connectivity index (χ0n) is 35.7. The number of aliphatic carboxylic acids is 1. The Bertz CT molecular complexity index is 1870. The van der Waals surface area contributed by atoms with Crippen molar-refractivity contribution in [3.63, 3.8) is 0 Å². The van der Waals surface area contributed by atoms with Crippen molar-refractivity contribution in [3.05, 3.63) is 131 Å². The highest BCUT2D eigenvalue weighted by atomic mass is 16.5. The summed E-state index contributed by atoms with van der Waals surface area (Å²) in [5, 5.41) is 8.38. The van der Waals surface area contributed by atoms with E-state index in [0.717, 1.165) is 44.4 Å². The third-order valence-electron chi connectivity index (χ3n) is 11.3. The predicted octanol–water partition coefficient (Wildman–Crippen LogP) is 9.68. The second-order valence-corrected chi connectivity index (χ2v) is 16.0. The van der Waals surface area contributed by atoms with Crippen molar-refractivity contribution >= 4 is 23.3 Å². The first-order chi connectivity index (χ1) is 28.4. The minimum Gasteiger partial charge on any atom is -0.486 e. The van der Waals surface area contributed by atoms with Gasteiger partial charge in [-0.25, -0.2) is 4.79 Å². The lowest BCUT2D eigenvalue weighted by Crippen LogP contribution is -2.39.